The van der Waals surface area contributed by atoms with Gasteiger partial charge < -0.3 is 24.7 Å². The van der Waals surface area contributed by atoms with Gasteiger partial charge in [0.1, 0.15) is 6.10 Å². The minimum Gasteiger partial charge on any atom is -0.491 e. The van der Waals surface area contributed by atoms with Crippen molar-refractivity contribution in [3.8, 4) is 5.75 Å². The molecule has 2 N–H and O–H groups in total. The molecule has 0 spiro atoms. The molecular weight excluding hydrogens is 454 g/mol. The van der Waals surface area contributed by atoms with E-state index >= 15 is 0 Å². The van der Waals surface area contributed by atoms with E-state index in [-0.39, 0.29) is 11.6 Å². The van der Waals surface area contributed by atoms with Gasteiger partial charge in [-0.25, -0.2) is 14.4 Å². The quantitative estimate of drug-likeness (QED) is 0.508. The van der Waals surface area contributed by atoms with Gasteiger partial charge in [0.05, 0.1) is 24.4 Å². The molecule has 10 nitrogen and oxygen atoms in total. The van der Waals surface area contributed by atoms with Crippen molar-refractivity contribution in [2.45, 2.75) is 37.9 Å². The number of hydrogen-bond donors (Lipinski definition) is 1. The maximum Gasteiger partial charge on any atom is 0.352 e. The van der Waals surface area contributed by atoms with Crippen LogP contribution in [0.4, 0.5) is 5.82 Å². The zero-order valence-electron chi connectivity index (χ0n) is 19.2. The summed E-state index contributed by atoms with van der Waals surface area (Å²) in [7, 11) is 1.38. The minimum atomic E-state index is -1.16. The number of esters is 2. The van der Waals surface area contributed by atoms with Crippen LogP contribution in [0.2, 0.25) is 0 Å². The van der Waals surface area contributed by atoms with E-state index < -0.39 is 42.2 Å². The number of aromatic nitrogens is 2. The van der Waals surface area contributed by atoms with Crippen LogP contribution in [0, 0.1) is 0 Å². The normalized spacial score (nSPS) is 21.3. The third kappa shape index (κ3) is 5.02. The second kappa shape index (κ2) is 10.4. The van der Waals surface area contributed by atoms with E-state index in [0.29, 0.717) is 17.5 Å². The maximum absolute atomic E-state index is 13.0. The van der Waals surface area contributed by atoms with Crippen LogP contribution in [0.1, 0.15) is 40.3 Å². The number of benzene rings is 2. The highest BCUT2D eigenvalue weighted by Crippen LogP contribution is 2.36. The number of hydrogen-bond acceptors (Lipinski definition) is 9. The summed E-state index contributed by atoms with van der Waals surface area (Å²) >= 11 is 0. The highest BCUT2D eigenvalue weighted by atomic mass is 16.6. The molecule has 10 heteroatoms. The van der Waals surface area contributed by atoms with E-state index in [9.17, 15) is 14.4 Å². The molecule has 1 aliphatic rings. The second-order valence-electron chi connectivity index (χ2n) is 7.83. The van der Waals surface area contributed by atoms with Crippen molar-refractivity contribution in [3.63, 3.8) is 0 Å². The Kier molecular flexibility index (Phi) is 7.11. The summed E-state index contributed by atoms with van der Waals surface area (Å²) in [6.07, 6.45) is -2.23. The Morgan fingerprint density at radius 3 is 2.03 bits per heavy atom. The first kappa shape index (κ1) is 24.0. The number of carbonyl (C=O) groups excluding carboxylic acids is 2. The molecule has 0 saturated carbocycles. The topological polar surface area (TPSA) is 132 Å². The highest BCUT2D eigenvalue weighted by Gasteiger charge is 2.50. The van der Waals surface area contributed by atoms with Gasteiger partial charge >= 0.3 is 17.6 Å². The van der Waals surface area contributed by atoms with Crippen molar-refractivity contribution in [3.05, 3.63) is 88.5 Å². The molecule has 1 fully saturated rings. The third-order valence-electron chi connectivity index (χ3n) is 5.63. The van der Waals surface area contributed by atoms with E-state index in [2.05, 4.69) is 4.98 Å². The van der Waals surface area contributed by atoms with Crippen LogP contribution in [0.15, 0.2) is 71.7 Å². The fourth-order valence-electron chi connectivity index (χ4n) is 3.86. The molecule has 0 aliphatic carbocycles. The number of methoxy groups -OCH3 is 1. The average molecular weight is 479 g/mol. The molecule has 3 aromatic rings. The lowest BCUT2D eigenvalue weighted by molar-refractivity contribution is -0.0527. The SMILES string of the molecule is CC[C@H]1O[C@@H](n2cc(OC)c(N)nc2=O)[C@@H](OC(=O)c2ccccc2)C1OC(=O)c1ccccc1. The number of ether oxygens (including phenoxy) is 4. The summed E-state index contributed by atoms with van der Waals surface area (Å²) in [5.41, 5.74) is 5.64. The van der Waals surface area contributed by atoms with Gasteiger partial charge in [0.2, 0.25) is 0 Å². The molecule has 35 heavy (non-hydrogen) atoms. The summed E-state index contributed by atoms with van der Waals surface area (Å²) in [6.45, 7) is 1.83. The van der Waals surface area contributed by atoms with Crippen molar-refractivity contribution in [2.75, 3.05) is 12.8 Å². The molecule has 0 amide bonds. The first-order valence-corrected chi connectivity index (χ1v) is 11.0. The lowest BCUT2D eigenvalue weighted by atomic mass is 10.1. The van der Waals surface area contributed by atoms with Crippen LogP contribution in [0.25, 0.3) is 0 Å². The summed E-state index contributed by atoms with van der Waals surface area (Å²) in [5, 5.41) is 0. The lowest BCUT2D eigenvalue weighted by Crippen LogP contribution is -2.41. The first-order valence-electron chi connectivity index (χ1n) is 11.0. The molecule has 2 heterocycles. The van der Waals surface area contributed by atoms with E-state index in [1.165, 1.54) is 13.3 Å². The Labute approximate surface area is 201 Å². The number of rotatable bonds is 7. The van der Waals surface area contributed by atoms with Crippen molar-refractivity contribution in [1.29, 1.82) is 0 Å². The summed E-state index contributed by atoms with van der Waals surface area (Å²) in [5.74, 6) is -1.23. The van der Waals surface area contributed by atoms with Gasteiger partial charge in [-0.05, 0) is 30.7 Å². The number of nitrogens with two attached hydrogens (primary N) is 1. The zero-order valence-corrected chi connectivity index (χ0v) is 19.2. The average Bonchev–Trinajstić information content (AvgIpc) is 3.21. The standard InChI is InChI=1S/C25H25N3O7/c1-3-17-19(34-23(29)15-10-6-4-7-11-15)20(35-24(30)16-12-8-5-9-13-16)22(33-17)28-14-18(32-2)21(26)27-25(28)31/h4-14,17,19-20,22H,3H2,1-2H3,(H2,26,27,31)/t17-,19?,20+,22-/m1/s1. The van der Waals surface area contributed by atoms with Crippen molar-refractivity contribution < 1.29 is 28.5 Å². The van der Waals surface area contributed by atoms with Crippen LogP contribution in [0.3, 0.4) is 0 Å². The molecule has 1 saturated heterocycles. The zero-order chi connectivity index (χ0) is 24.9. The van der Waals surface area contributed by atoms with E-state index in [1.54, 1.807) is 60.7 Å². The minimum absolute atomic E-state index is 0.0938. The summed E-state index contributed by atoms with van der Waals surface area (Å²) in [6, 6.07) is 16.8. The number of carbonyl (C=O) groups is 2. The predicted molar refractivity (Wildman–Crippen MR) is 125 cm³/mol. The number of anilines is 1. The molecular formula is C25H25N3O7. The maximum atomic E-state index is 13.0. The van der Waals surface area contributed by atoms with E-state index in [1.807, 2.05) is 6.92 Å². The molecule has 0 bridgehead atoms. The van der Waals surface area contributed by atoms with Gasteiger partial charge in [-0.15, -0.1) is 0 Å². The Balaban J connectivity index is 1.73. The molecule has 1 aromatic heterocycles. The van der Waals surface area contributed by atoms with Crippen molar-refractivity contribution in [1.82, 2.24) is 9.55 Å². The van der Waals surface area contributed by atoms with Gasteiger partial charge in [0.15, 0.2) is 30.0 Å². The largest absolute Gasteiger partial charge is 0.491 e. The van der Waals surface area contributed by atoms with Crippen LogP contribution >= 0.6 is 0 Å². The smallest absolute Gasteiger partial charge is 0.352 e. The molecule has 1 aliphatic heterocycles. The van der Waals surface area contributed by atoms with Crippen LogP contribution < -0.4 is 16.2 Å². The Morgan fingerprint density at radius 2 is 1.51 bits per heavy atom. The van der Waals surface area contributed by atoms with Crippen LogP contribution in [0.5, 0.6) is 5.75 Å². The third-order valence-corrected chi connectivity index (χ3v) is 5.63. The molecule has 4 rings (SSSR count). The second-order valence-corrected chi connectivity index (χ2v) is 7.83. The molecule has 2 aromatic carbocycles. The van der Waals surface area contributed by atoms with Crippen LogP contribution in [-0.4, -0.2) is 46.9 Å². The molecule has 0 radical (unpaired) electrons. The molecule has 182 valence electrons. The van der Waals surface area contributed by atoms with E-state index in [0.717, 1.165) is 4.57 Å². The monoisotopic (exact) mass is 479 g/mol. The number of nitrogens with zero attached hydrogens (tertiary/aromatic N) is 2. The van der Waals surface area contributed by atoms with Gasteiger partial charge in [-0.1, -0.05) is 43.3 Å². The van der Waals surface area contributed by atoms with Crippen molar-refractivity contribution >= 4 is 17.8 Å². The van der Waals surface area contributed by atoms with Gasteiger partial charge in [0.25, 0.3) is 0 Å². The Bertz CT molecular complexity index is 1250. The number of nitrogen functional groups attached to an aromatic ring is 1. The fraction of sp³-hybridized carbons (Fsp3) is 0.280. The Morgan fingerprint density at radius 1 is 0.971 bits per heavy atom. The fourth-order valence-corrected chi connectivity index (χ4v) is 3.86. The predicted octanol–water partition coefficient (Wildman–Crippen LogP) is 2.59. The van der Waals surface area contributed by atoms with E-state index in [4.69, 9.17) is 24.7 Å². The van der Waals surface area contributed by atoms with Crippen molar-refractivity contribution in [2.24, 2.45) is 0 Å². The molecule has 1 unspecified atom stereocenters. The lowest BCUT2D eigenvalue weighted by Gasteiger charge is -2.25. The van der Waals surface area contributed by atoms with Crippen LogP contribution in [-0.2, 0) is 14.2 Å². The summed E-state index contributed by atoms with van der Waals surface area (Å²) in [4.78, 5) is 42.4. The van der Waals surface area contributed by atoms with Gasteiger partial charge in [-0.2, -0.15) is 4.98 Å². The first-order chi connectivity index (χ1) is 16.9. The highest BCUT2D eigenvalue weighted by molar-refractivity contribution is 5.90. The molecule has 4 atom stereocenters. The van der Waals surface area contributed by atoms with Gasteiger partial charge in [0, 0.05) is 0 Å². The Hall–Kier alpha value is -4.18. The van der Waals surface area contributed by atoms with Gasteiger partial charge in [-0.3, -0.25) is 4.57 Å². The summed E-state index contributed by atoms with van der Waals surface area (Å²) < 4.78 is 24.0.